The van der Waals surface area contributed by atoms with Crippen molar-refractivity contribution in [2.75, 3.05) is 0 Å². The molecule has 3 aromatic carbocycles. The van der Waals surface area contributed by atoms with Crippen molar-refractivity contribution in [3.8, 4) is 0 Å². The molecule has 4 rings (SSSR count). The third-order valence-electron chi connectivity index (χ3n) is 4.44. The van der Waals surface area contributed by atoms with Crippen LogP contribution in [0.2, 0.25) is 0 Å². The third kappa shape index (κ3) is 2.49. The summed E-state index contributed by atoms with van der Waals surface area (Å²) in [6.07, 6.45) is 3.48. The maximum absolute atomic E-state index is 10.8. The smallest absolute Gasteiger partial charge is 0.218 e. The first kappa shape index (κ1) is 14.7. The van der Waals surface area contributed by atoms with Crippen LogP contribution in [0.5, 0.6) is 0 Å². The van der Waals surface area contributed by atoms with Gasteiger partial charge in [-0.15, -0.1) is 0 Å². The molecule has 0 amide bonds. The van der Waals surface area contributed by atoms with E-state index in [0.717, 1.165) is 27.5 Å². The summed E-state index contributed by atoms with van der Waals surface area (Å²) >= 11 is 0. The number of hydrogen-bond acceptors (Lipinski definition) is 3. The van der Waals surface area contributed by atoms with Crippen LogP contribution in [-0.4, -0.2) is 22.2 Å². The molecule has 0 saturated heterocycles. The molecule has 0 heterocycles. The lowest BCUT2D eigenvalue weighted by Gasteiger charge is -2.27. The van der Waals surface area contributed by atoms with Crippen LogP contribution in [0.4, 0.5) is 0 Å². The van der Waals surface area contributed by atoms with Gasteiger partial charge in [0, 0.05) is 18.2 Å². The Kier molecular flexibility index (Phi) is 3.44. The van der Waals surface area contributed by atoms with E-state index in [4.69, 9.17) is 0 Å². The second-order valence-corrected chi connectivity index (χ2v) is 6.05. The SMILES string of the molecule is OC1=Cc2ccccc2CC1(O)N=Cc1cccc2ccccc12. The quantitative estimate of drug-likeness (QED) is 0.699. The van der Waals surface area contributed by atoms with Crippen LogP contribution in [0.15, 0.2) is 77.5 Å². The highest BCUT2D eigenvalue weighted by Crippen LogP contribution is 2.31. The molecule has 1 aliphatic carbocycles. The second kappa shape index (κ2) is 5.62. The van der Waals surface area contributed by atoms with Crippen molar-refractivity contribution in [2.45, 2.75) is 12.1 Å². The standard InChI is InChI=1S/C21H17NO2/c23-20-12-16-7-1-2-8-17(16)13-21(20,24)22-14-18-10-5-9-15-6-3-4-11-19(15)18/h1-12,14,23-24H,13H2. The van der Waals surface area contributed by atoms with Crippen molar-refractivity contribution in [1.82, 2.24) is 0 Å². The topological polar surface area (TPSA) is 52.8 Å². The van der Waals surface area contributed by atoms with Gasteiger partial charge in [0.05, 0.1) is 0 Å². The van der Waals surface area contributed by atoms with Crippen LogP contribution < -0.4 is 0 Å². The van der Waals surface area contributed by atoms with Crippen molar-refractivity contribution in [3.63, 3.8) is 0 Å². The van der Waals surface area contributed by atoms with E-state index < -0.39 is 5.72 Å². The maximum atomic E-state index is 10.8. The first-order valence-electron chi connectivity index (χ1n) is 7.90. The average molecular weight is 315 g/mol. The summed E-state index contributed by atoms with van der Waals surface area (Å²) in [6, 6.07) is 21.7. The van der Waals surface area contributed by atoms with E-state index >= 15 is 0 Å². The maximum Gasteiger partial charge on any atom is 0.218 e. The Balaban J connectivity index is 1.73. The molecule has 0 spiro atoms. The molecule has 0 saturated carbocycles. The van der Waals surface area contributed by atoms with Crippen molar-refractivity contribution in [3.05, 3.63) is 89.2 Å². The summed E-state index contributed by atoms with van der Waals surface area (Å²) in [4.78, 5) is 4.33. The zero-order chi connectivity index (χ0) is 16.6. The minimum atomic E-state index is -1.62. The van der Waals surface area contributed by atoms with E-state index in [1.165, 1.54) is 0 Å². The minimum absolute atomic E-state index is 0.127. The summed E-state index contributed by atoms with van der Waals surface area (Å²) in [5.41, 5.74) is 1.17. The molecule has 1 aliphatic rings. The fourth-order valence-corrected chi connectivity index (χ4v) is 3.11. The van der Waals surface area contributed by atoms with Crippen LogP contribution in [0.1, 0.15) is 16.7 Å². The van der Waals surface area contributed by atoms with Crippen molar-refractivity contribution < 1.29 is 10.2 Å². The third-order valence-corrected chi connectivity index (χ3v) is 4.44. The fraction of sp³-hybridized carbons (Fsp3) is 0.0952. The highest BCUT2D eigenvalue weighted by atomic mass is 16.3. The summed E-state index contributed by atoms with van der Waals surface area (Å²) in [6.45, 7) is 0. The van der Waals surface area contributed by atoms with Gasteiger partial charge in [-0.25, -0.2) is 0 Å². The number of aliphatic imine (C=N–C) groups is 1. The first-order valence-corrected chi connectivity index (χ1v) is 7.90. The molecule has 0 fully saturated rings. The molecule has 0 aromatic heterocycles. The normalized spacial score (nSPS) is 20.1. The number of aliphatic hydroxyl groups excluding tert-OH is 1. The van der Waals surface area contributed by atoms with E-state index in [0.29, 0.717) is 0 Å². The van der Waals surface area contributed by atoms with Gasteiger partial charge in [0.25, 0.3) is 0 Å². The number of fused-ring (bicyclic) bond motifs is 2. The lowest BCUT2D eigenvalue weighted by molar-refractivity contribution is 0.0448. The highest BCUT2D eigenvalue weighted by Gasteiger charge is 2.35. The molecule has 2 N–H and O–H groups in total. The predicted octanol–water partition coefficient (Wildman–Crippen LogP) is 4.10. The predicted molar refractivity (Wildman–Crippen MR) is 97.2 cm³/mol. The number of benzene rings is 3. The van der Waals surface area contributed by atoms with Crippen molar-refractivity contribution >= 4 is 23.1 Å². The minimum Gasteiger partial charge on any atom is -0.507 e. The van der Waals surface area contributed by atoms with Gasteiger partial charge in [-0.2, -0.15) is 0 Å². The molecule has 3 aromatic rings. The summed E-state index contributed by atoms with van der Waals surface area (Å²) in [7, 11) is 0. The van der Waals surface area contributed by atoms with Gasteiger partial charge in [-0.05, 0) is 28.0 Å². The van der Waals surface area contributed by atoms with Gasteiger partial charge in [-0.3, -0.25) is 4.99 Å². The largest absolute Gasteiger partial charge is 0.507 e. The van der Waals surface area contributed by atoms with E-state index in [1.807, 2.05) is 66.7 Å². The van der Waals surface area contributed by atoms with E-state index in [-0.39, 0.29) is 12.2 Å². The fourth-order valence-electron chi connectivity index (χ4n) is 3.11. The van der Waals surface area contributed by atoms with Gasteiger partial charge in [0.1, 0.15) is 5.76 Å². The molecule has 118 valence electrons. The summed E-state index contributed by atoms with van der Waals surface area (Å²) in [5.74, 6) is -0.127. The van der Waals surface area contributed by atoms with Gasteiger partial charge in [0.2, 0.25) is 5.72 Å². The Bertz CT molecular complexity index is 969. The van der Waals surface area contributed by atoms with E-state index in [1.54, 1.807) is 12.3 Å². The Morgan fingerprint density at radius 3 is 2.58 bits per heavy atom. The number of hydrogen-bond donors (Lipinski definition) is 2. The van der Waals surface area contributed by atoms with E-state index in [2.05, 4.69) is 4.99 Å². The molecule has 0 radical (unpaired) electrons. The zero-order valence-electron chi connectivity index (χ0n) is 13.1. The Labute approximate surface area is 140 Å². The highest BCUT2D eigenvalue weighted by molar-refractivity contribution is 5.99. The first-order chi connectivity index (χ1) is 11.7. The molecule has 1 atom stereocenters. The van der Waals surface area contributed by atoms with Crippen LogP contribution in [0, 0.1) is 0 Å². The monoisotopic (exact) mass is 315 g/mol. The second-order valence-electron chi connectivity index (χ2n) is 6.05. The molecule has 0 bridgehead atoms. The van der Waals surface area contributed by atoms with Gasteiger partial charge < -0.3 is 10.2 Å². The zero-order valence-corrected chi connectivity index (χ0v) is 13.1. The van der Waals surface area contributed by atoms with Crippen LogP contribution >= 0.6 is 0 Å². The number of aliphatic hydroxyl groups is 2. The lowest BCUT2D eigenvalue weighted by Crippen LogP contribution is -2.34. The van der Waals surface area contributed by atoms with Gasteiger partial charge in [0.15, 0.2) is 0 Å². The van der Waals surface area contributed by atoms with Crippen LogP contribution in [0.3, 0.4) is 0 Å². The van der Waals surface area contributed by atoms with Crippen LogP contribution in [-0.2, 0) is 6.42 Å². The Hall–Kier alpha value is -2.91. The molecule has 3 heteroatoms. The molecular weight excluding hydrogens is 298 g/mol. The van der Waals surface area contributed by atoms with Gasteiger partial charge in [-0.1, -0.05) is 66.7 Å². The number of rotatable bonds is 2. The van der Waals surface area contributed by atoms with E-state index in [9.17, 15) is 10.2 Å². The lowest BCUT2D eigenvalue weighted by atomic mass is 9.90. The number of nitrogens with zero attached hydrogens (tertiary/aromatic N) is 1. The molecule has 24 heavy (non-hydrogen) atoms. The molecule has 3 nitrogen and oxygen atoms in total. The average Bonchev–Trinajstić information content (AvgIpc) is 2.61. The van der Waals surface area contributed by atoms with Crippen molar-refractivity contribution in [2.24, 2.45) is 4.99 Å². The summed E-state index contributed by atoms with van der Waals surface area (Å²) in [5, 5.41) is 23.2. The Morgan fingerprint density at radius 2 is 1.67 bits per heavy atom. The van der Waals surface area contributed by atoms with Gasteiger partial charge >= 0.3 is 0 Å². The molecule has 0 aliphatic heterocycles. The Morgan fingerprint density at radius 1 is 0.917 bits per heavy atom. The molecular formula is C21H17NO2. The van der Waals surface area contributed by atoms with Crippen LogP contribution in [0.25, 0.3) is 16.8 Å². The molecule has 1 unspecified atom stereocenters. The summed E-state index contributed by atoms with van der Waals surface area (Å²) < 4.78 is 0. The van der Waals surface area contributed by atoms with Crippen molar-refractivity contribution in [1.29, 1.82) is 0 Å².